The summed E-state index contributed by atoms with van der Waals surface area (Å²) in [5.74, 6) is 2.20. The topological polar surface area (TPSA) is 54.9 Å². The molecule has 0 unspecified atom stereocenters. The predicted octanol–water partition coefficient (Wildman–Crippen LogP) is 2.33. The lowest BCUT2D eigenvalue weighted by Gasteiger charge is -2.14. The zero-order valence-electron chi connectivity index (χ0n) is 12.1. The Labute approximate surface area is 129 Å². The second kappa shape index (κ2) is 6.43. The first-order valence-electron chi connectivity index (χ1n) is 7.31. The highest BCUT2D eigenvalue weighted by Gasteiger charge is 2.22. The fourth-order valence-electron chi connectivity index (χ4n) is 2.19. The van der Waals surface area contributed by atoms with Gasteiger partial charge in [-0.2, -0.15) is 0 Å². The Morgan fingerprint density at radius 2 is 2.14 bits per heavy atom. The van der Waals surface area contributed by atoms with Gasteiger partial charge in [-0.15, -0.1) is 0 Å². The monoisotopic (exact) mass is 309 g/mol. The predicted molar refractivity (Wildman–Crippen MR) is 83.4 cm³/mol. The average molecular weight is 310 g/mol. The molecular weight excluding hydrogens is 290 g/mol. The van der Waals surface area contributed by atoms with Gasteiger partial charge in [0.05, 0.1) is 18.2 Å². The smallest absolute Gasteiger partial charge is 0.191 e. The molecular formula is C15H20ClN3O2. The second-order valence-corrected chi connectivity index (χ2v) is 5.71. The Balaban J connectivity index is 1.67. The fraction of sp³-hybridized carbons (Fsp3) is 0.533. The van der Waals surface area contributed by atoms with E-state index in [-0.39, 0.29) is 0 Å². The average Bonchev–Trinajstić information content (AvgIpc) is 3.30. The Morgan fingerprint density at radius 3 is 2.90 bits per heavy atom. The van der Waals surface area contributed by atoms with Crippen LogP contribution in [0.3, 0.4) is 0 Å². The minimum Gasteiger partial charge on any atom is -0.489 e. The van der Waals surface area contributed by atoms with Gasteiger partial charge in [-0.05, 0) is 30.5 Å². The van der Waals surface area contributed by atoms with Crippen molar-refractivity contribution in [2.45, 2.75) is 31.8 Å². The van der Waals surface area contributed by atoms with Crippen molar-refractivity contribution in [3.05, 3.63) is 22.7 Å². The number of ether oxygens (including phenoxy) is 2. The Kier molecular flexibility index (Phi) is 4.39. The number of nitrogens with one attached hydrogen (secondary N) is 2. The van der Waals surface area contributed by atoms with Crippen LogP contribution in [0.5, 0.6) is 11.5 Å². The highest BCUT2D eigenvalue weighted by atomic mass is 35.5. The molecule has 0 bridgehead atoms. The molecule has 21 heavy (non-hydrogen) atoms. The molecule has 6 heteroatoms. The zero-order chi connectivity index (χ0) is 14.7. The zero-order valence-corrected chi connectivity index (χ0v) is 12.9. The Morgan fingerprint density at radius 1 is 1.33 bits per heavy atom. The van der Waals surface area contributed by atoms with Crippen LogP contribution in [0.4, 0.5) is 0 Å². The lowest BCUT2D eigenvalue weighted by atomic mass is 10.2. The maximum atomic E-state index is 6.28. The third kappa shape index (κ3) is 3.73. The Hall–Kier alpha value is -1.62. The van der Waals surface area contributed by atoms with Crippen molar-refractivity contribution >= 4 is 17.6 Å². The number of rotatable bonds is 3. The first-order valence-corrected chi connectivity index (χ1v) is 7.69. The normalized spacial score (nSPS) is 18.1. The van der Waals surface area contributed by atoms with E-state index in [2.05, 4.69) is 15.6 Å². The summed E-state index contributed by atoms with van der Waals surface area (Å²) in [6.07, 6.45) is 3.31. The summed E-state index contributed by atoms with van der Waals surface area (Å²) in [5, 5.41) is 7.23. The van der Waals surface area contributed by atoms with Crippen molar-refractivity contribution in [3.8, 4) is 11.5 Å². The molecule has 2 N–H and O–H groups in total. The van der Waals surface area contributed by atoms with Gasteiger partial charge >= 0.3 is 0 Å². The van der Waals surface area contributed by atoms with Crippen LogP contribution in [0, 0.1) is 0 Å². The summed E-state index contributed by atoms with van der Waals surface area (Å²) < 4.78 is 11.3. The second-order valence-electron chi connectivity index (χ2n) is 5.30. The van der Waals surface area contributed by atoms with Crippen LogP contribution in [-0.2, 0) is 6.54 Å². The largest absolute Gasteiger partial charge is 0.489 e. The molecule has 0 spiro atoms. The molecule has 3 rings (SSSR count). The van der Waals surface area contributed by atoms with Crippen LogP contribution in [0.25, 0.3) is 0 Å². The molecule has 1 aliphatic carbocycles. The first kappa shape index (κ1) is 14.3. The lowest BCUT2D eigenvalue weighted by Crippen LogP contribution is -2.38. The van der Waals surface area contributed by atoms with Gasteiger partial charge < -0.3 is 20.1 Å². The molecule has 1 fully saturated rings. The van der Waals surface area contributed by atoms with Gasteiger partial charge in [-0.3, -0.25) is 4.99 Å². The quantitative estimate of drug-likeness (QED) is 0.664. The molecule has 0 saturated heterocycles. The van der Waals surface area contributed by atoms with Crippen LogP contribution < -0.4 is 20.1 Å². The molecule has 0 radical (unpaired) electrons. The number of benzene rings is 1. The van der Waals surface area contributed by atoms with Crippen LogP contribution in [-0.4, -0.2) is 32.3 Å². The molecule has 5 nitrogen and oxygen atoms in total. The van der Waals surface area contributed by atoms with Crippen molar-refractivity contribution in [2.24, 2.45) is 4.99 Å². The van der Waals surface area contributed by atoms with Crippen molar-refractivity contribution in [3.63, 3.8) is 0 Å². The number of hydrogen-bond acceptors (Lipinski definition) is 3. The fourth-order valence-corrected chi connectivity index (χ4v) is 2.48. The molecule has 1 aliphatic heterocycles. The third-order valence-corrected chi connectivity index (χ3v) is 3.74. The van der Waals surface area contributed by atoms with Crippen LogP contribution >= 0.6 is 11.6 Å². The van der Waals surface area contributed by atoms with E-state index in [9.17, 15) is 0 Å². The third-order valence-electron chi connectivity index (χ3n) is 3.46. The van der Waals surface area contributed by atoms with E-state index in [1.54, 1.807) is 7.05 Å². The molecule has 1 heterocycles. The van der Waals surface area contributed by atoms with E-state index in [0.717, 1.165) is 23.7 Å². The molecule has 1 aromatic rings. The maximum absolute atomic E-state index is 6.28. The summed E-state index contributed by atoms with van der Waals surface area (Å²) in [5.41, 5.74) is 1.04. The summed E-state index contributed by atoms with van der Waals surface area (Å²) in [6, 6.07) is 4.46. The highest BCUT2D eigenvalue weighted by Crippen LogP contribution is 2.37. The minimum absolute atomic E-state index is 0.573. The van der Waals surface area contributed by atoms with Crippen molar-refractivity contribution in [1.82, 2.24) is 10.6 Å². The molecule has 2 aliphatic rings. The number of guanidine groups is 1. The molecule has 0 aromatic heterocycles. The highest BCUT2D eigenvalue weighted by molar-refractivity contribution is 6.32. The van der Waals surface area contributed by atoms with Crippen molar-refractivity contribution in [1.29, 1.82) is 0 Å². The summed E-state index contributed by atoms with van der Waals surface area (Å²) >= 11 is 6.28. The molecule has 1 saturated carbocycles. The van der Waals surface area contributed by atoms with Gasteiger partial charge in [0, 0.05) is 26.1 Å². The minimum atomic E-state index is 0.573. The van der Waals surface area contributed by atoms with Crippen LogP contribution in [0.1, 0.15) is 24.8 Å². The molecule has 114 valence electrons. The number of hydrogen-bond donors (Lipinski definition) is 2. The number of nitrogens with zero attached hydrogens (tertiary/aromatic N) is 1. The number of aliphatic imine (C=N–C) groups is 1. The van der Waals surface area contributed by atoms with E-state index in [1.807, 2.05) is 12.1 Å². The SMILES string of the molecule is CN=C(NCc1cc(Cl)c2c(c1)OCCCO2)NC1CC1. The van der Waals surface area contributed by atoms with Gasteiger partial charge in [0.1, 0.15) is 0 Å². The van der Waals surface area contributed by atoms with Crippen molar-refractivity contribution in [2.75, 3.05) is 20.3 Å². The van der Waals surface area contributed by atoms with E-state index < -0.39 is 0 Å². The number of fused-ring (bicyclic) bond motifs is 1. The Bertz CT molecular complexity index is 544. The van der Waals surface area contributed by atoms with E-state index in [0.29, 0.717) is 36.6 Å². The number of halogens is 1. The van der Waals surface area contributed by atoms with E-state index in [4.69, 9.17) is 21.1 Å². The summed E-state index contributed by atoms with van der Waals surface area (Å²) in [6.45, 7) is 1.94. The van der Waals surface area contributed by atoms with Crippen LogP contribution in [0.2, 0.25) is 5.02 Å². The summed E-state index contributed by atoms with van der Waals surface area (Å²) in [7, 11) is 1.78. The summed E-state index contributed by atoms with van der Waals surface area (Å²) in [4.78, 5) is 4.21. The first-order chi connectivity index (χ1) is 10.3. The van der Waals surface area contributed by atoms with E-state index in [1.165, 1.54) is 12.8 Å². The maximum Gasteiger partial charge on any atom is 0.191 e. The van der Waals surface area contributed by atoms with Crippen LogP contribution in [0.15, 0.2) is 17.1 Å². The van der Waals surface area contributed by atoms with Gasteiger partial charge in [-0.25, -0.2) is 0 Å². The van der Waals surface area contributed by atoms with Gasteiger partial charge in [0.25, 0.3) is 0 Å². The lowest BCUT2D eigenvalue weighted by molar-refractivity contribution is 0.297. The standard InChI is InChI=1S/C15H20ClN3O2/c1-17-15(19-11-3-4-11)18-9-10-7-12(16)14-13(8-10)20-5-2-6-21-14/h7-8,11H,2-6,9H2,1H3,(H2,17,18,19). The van der Waals surface area contributed by atoms with E-state index >= 15 is 0 Å². The molecule has 0 amide bonds. The van der Waals surface area contributed by atoms with Gasteiger partial charge in [-0.1, -0.05) is 11.6 Å². The van der Waals surface area contributed by atoms with Gasteiger partial charge in [0.2, 0.25) is 0 Å². The molecule has 0 atom stereocenters. The van der Waals surface area contributed by atoms with Gasteiger partial charge in [0.15, 0.2) is 17.5 Å². The molecule has 1 aromatic carbocycles. The van der Waals surface area contributed by atoms with Crippen molar-refractivity contribution < 1.29 is 9.47 Å².